The fourth-order valence-electron chi connectivity index (χ4n) is 3.89. The van der Waals surface area contributed by atoms with Crippen LogP contribution in [-0.4, -0.2) is 46.8 Å². The van der Waals surface area contributed by atoms with E-state index in [-0.39, 0.29) is 11.9 Å². The second kappa shape index (κ2) is 6.26. The number of nitrogens with zero attached hydrogens (tertiary/aromatic N) is 6. The molecule has 4 aromatic rings. The Morgan fingerprint density at radius 2 is 2.00 bits per heavy atom. The lowest BCUT2D eigenvalue weighted by atomic mass is 9.95. The standard InChI is InChI=1S/C20H19N7O/c1-12-25-16-14(5-9-22-19(16)26(12)2)20(28)27-10-6-15-17(24-11-23-15)18(27)13-3-7-21-8-4-13/h3-5,7-9,11,18H,6,10H2,1-2H3,(H,23,24). The maximum absolute atomic E-state index is 13.6. The predicted molar refractivity (Wildman–Crippen MR) is 103 cm³/mol. The molecule has 8 nitrogen and oxygen atoms in total. The third-order valence-corrected chi connectivity index (χ3v) is 5.42. The highest BCUT2D eigenvalue weighted by atomic mass is 16.2. The Hall–Kier alpha value is -3.55. The highest BCUT2D eigenvalue weighted by Crippen LogP contribution is 2.34. The molecule has 5 heterocycles. The van der Waals surface area contributed by atoms with Crippen LogP contribution in [0.1, 0.15) is 39.2 Å². The van der Waals surface area contributed by atoms with E-state index in [1.54, 1.807) is 31.0 Å². The van der Waals surface area contributed by atoms with Crippen LogP contribution in [0.3, 0.4) is 0 Å². The maximum Gasteiger partial charge on any atom is 0.257 e. The van der Waals surface area contributed by atoms with E-state index in [2.05, 4.69) is 24.9 Å². The van der Waals surface area contributed by atoms with Gasteiger partial charge in [-0.3, -0.25) is 9.78 Å². The molecular weight excluding hydrogens is 354 g/mol. The quantitative estimate of drug-likeness (QED) is 0.581. The fraction of sp³-hybridized carbons (Fsp3) is 0.250. The van der Waals surface area contributed by atoms with Crippen molar-refractivity contribution in [2.24, 2.45) is 7.05 Å². The number of aromatic amines is 1. The van der Waals surface area contributed by atoms with Crippen LogP contribution >= 0.6 is 0 Å². The summed E-state index contributed by atoms with van der Waals surface area (Å²) in [7, 11) is 1.91. The van der Waals surface area contributed by atoms with Gasteiger partial charge in [-0.25, -0.2) is 15.0 Å². The van der Waals surface area contributed by atoms with Crippen LogP contribution in [0.2, 0.25) is 0 Å². The molecule has 1 atom stereocenters. The van der Waals surface area contributed by atoms with Gasteiger partial charge in [0, 0.05) is 44.3 Å². The number of hydrogen-bond acceptors (Lipinski definition) is 5. The van der Waals surface area contributed by atoms with E-state index in [0.717, 1.165) is 29.2 Å². The highest BCUT2D eigenvalue weighted by molar-refractivity contribution is 6.04. The summed E-state index contributed by atoms with van der Waals surface area (Å²) in [6.45, 7) is 2.50. The van der Waals surface area contributed by atoms with Gasteiger partial charge in [0.1, 0.15) is 17.4 Å². The number of aryl methyl sites for hydroxylation is 2. The average Bonchev–Trinajstić information content (AvgIpc) is 3.32. The Morgan fingerprint density at radius 3 is 2.82 bits per heavy atom. The average molecular weight is 373 g/mol. The zero-order chi connectivity index (χ0) is 19.3. The summed E-state index contributed by atoms with van der Waals surface area (Å²) in [6, 6.07) is 5.35. The molecule has 1 aliphatic heterocycles. The van der Waals surface area contributed by atoms with Crippen LogP contribution in [0.4, 0.5) is 0 Å². The number of pyridine rings is 2. The normalized spacial score (nSPS) is 16.4. The number of aromatic nitrogens is 6. The summed E-state index contributed by atoms with van der Waals surface area (Å²) in [6.07, 6.45) is 7.58. The van der Waals surface area contributed by atoms with Gasteiger partial charge in [0.2, 0.25) is 0 Å². The van der Waals surface area contributed by atoms with E-state index in [9.17, 15) is 4.79 Å². The van der Waals surface area contributed by atoms with Gasteiger partial charge in [-0.15, -0.1) is 0 Å². The minimum absolute atomic E-state index is 0.0686. The molecule has 0 saturated heterocycles. The molecule has 1 N–H and O–H groups in total. The predicted octanol–water partition coefficient (Wildman–Crippen LogP) is 2.18. The summed E-state index contributed by atoms with van der Waals surface area (Å²) in [5.41, 5.74) is 4.84. The first-order valence-corrected chi connectivity index (χ1v) is 9.16. The first-order chi connectivity index (χ1) is 13.6. The number of H-pyrrole nitrogens is 1. The largest absolute Gasteiger partial charge is 0.348 e. The van der Waals surface area contributed by atoms with Crippen LogP contribution in [0.25, 0.3) is 11.2 Å². The van der Waals surface area contributed by atoms with E-state index in [4.69, 9.17) is 0 Å². The summed E-state index contributed by atoms with van der Waals surface area (Å²) >= 11 is 0. The van der Waals surface area contributed by atoms with E-state index in [1.165, 1.54) is 0 Å². The van der Waals surface area contributed by atoms with E-state index in [0.29, 0.717) is 23.3 Å². The van der Waals surface area contributed by atoms with Crippen molar-refractivity contribution in [2.45, 2.75) is 19.4 Å². The molecule has 0 fully saturated rings. The molecule has 0 spiro atoms. The van der Waals surface area contributed by atoms with Gasteiger partial charge in [0.25, 0.3) is 5.91 Å². The van der Waals surface area contributed by atoms with Gasteiger partial charge in [-0.2, -0.15) is 0 Å². The zero-order valence-corrected chi connectivity index (χ0v) is 15.6. The Bertz CT molecular complexity index is 1180. The van der Waals surface area contributed by atoms with Gasteiger partial charge in [0.05, 0.1) is 17.6 Å². The van der Waals surface area contributed by atoms with Crippen molar-refractivity contribution in [1.29, 1.82) is 0 Å². The molecule has 0 saturated carbocycles. The lowest BCUT2D eigenvalue weighted by Gasteiger charge is -2.35. The second-order valence-electron chi connectivity index (χ2n) is 6.95. The van der Waals surface area contributed by atoms with Gasteiger partial charge < -0.3 is 14.5 Å². The number of nitrogens with one attached hydrogen (secondary N) is 1. The van der Waals surface area contributed by atoms with Crippen LogP contribution < -0.4 is 0 Å². The SMILES string of the molecule is Cc1nc2c(C(=O)N3CCc4[nH]cnc4C3c3ccncc3)ccnc2n1C. The molecular formula is C20H19N7O. The number of imidazole rings is 2. The Labute approximate surface area is 161 Å². The fourth-order valence-corrected chi connectivity index (χ4v) is 3.89. The van der Waals surface area contributed by atoms with Crippen molar-refractivity contribution in [2.75, 3.05) is 6.54 Å². The molecule has 140 valence electrons. The van der Waals surface area contributed by atoms with Gasteiger partial charge >= 0.3 is 0 Å². The van der Waals surface area contributed by atoms with Crippen molar-refractivity contribution >= 4 is 17.1 Å². The van der Waals surface area contributed by atoms with Crippen molar-refractivity contribution in [3.63, 3.8) is 0 Å². The molecule has 8 heteroatoms. The van der Waals surface area contributed by atoms with Crippen LogP contribution in [0.5, 0.6) is 0 Å². The minimum Gasteiger partial charge on any atom is -0.348 e. The molecule has 4 aromatic heterocycles. The third kappa shape index (κ3) is 2.41. The summed E-state index contributed by atoms with van der Waals surface area (Å²) in [5, 5.41) is 0. The molecule has 0 radical (unpaired) electrons. The Balaban J connectivity index is 1.64. The molecule has 0 bridgehead atoms. The smallest absolute Gasteiger partial charge is 0.257 e. The minimum atomic E-state index is -0.265. The second-order valence-corrected chi connectivity index (χ2v) is 6.95. The van der Waals surface area contributed by atoms with E-state index < -0.39 is 0 Å². The van der Waals surface area contributed by atoms with Crippen LogP contribution in [0, 0.1) is 6.92 Å². The number of carbonyl (C=O) groups excluding carboxylic acids is 1. The van der Waals surface area contributed by atoms with Gasteiger partial charge in [-0.05, 0) is 30.7 Å². The summed E-state index contributed by atoms with van der Waals surface area (Å²) in [5.74, 6) is 0.752. The van der Waals surface area contributed by atoms with Gasteiger partial charge in [-0.1, -0.05) is 0 Å². The number of fused-ring (bicyclic) bond motifs is 2. The van der Waals surface area contributed by atoms with Crippen molar-refractivity contribution in [3.05, 3.63) is 71.5 Å². The molecule has 0 aliphatic carbocycles. The number of hydrogen-bond donors (Lipinski definition) is 1. The van der Waals surface area contributed by atoms with Crippen molar-refractivity contribution < 1.29 is 4.79 Å². The number of rotatable bonds is 2. The number of amides is 1. The number of carbonyl (C=O) groups is 1. The third-order valence-electron chi connectivity index (χ3n) is 5.42. The first-order valence-electron chi connectivity index (χ1n) is 9.16. The molecule has 1 amide bonds. The lowest BCUT2D eigenvalue weighted by Crippen LogP contribution is -2.40. The topological polar surface area (TPSA) is 92.6 Å². The van der Waals surface area contributed by atoms with E-state index >= 15 is 0 Å². The first kappa shape index (κ1) is 16.6. The summed E-state index contributed by atoms with van der Waals surface area (Å²) in [4.78, 5) is 36.3. The van der Waals surface area contributed by atoms with Crippen molar-refractivity contribution in [3.8, 4) is 0 Å². The van der Waals surface area contributed by atoms with E-state index in [1.807, 2.05) is 35.6 Å². The maximum atomic E-state index is 13.6. The molecule has 5 rings (SSSR count). The van der Waals surface area contributed by atoms with Crippen LogP contribution in [0.15, 0.2) is 43.1 Å². The Morgan fingerprint density at radius 1 is 1.18 bits per heavy atom. The van der Waals surface area contributed by atoms with Crippen molar-refractivity contribution in [1.82, 2.24) is 34.4 Å². The monoisotopic (exact) mass is 373 g/mol. The molecule has 1 aliphatic rings. The Kier molecular flexibility index (Phi) is 3.71. The highest BCUT2D eigenvalue weighted by Gasteiger charge is 2.35. The van der Waals surface area contributed by atoms with Crippen LogP contribution in [-0.2, 0) is 13.5 Å². The zero-order valence-electron chi connectivity index (χ0n) is 15.6. The summed E-state index contributed by atoms with van der Waals surface area (Å²) < 4.78 is 1.90. The molecule has 28 heavy (non-hydrogen) atoms. The molecule has 0 aromatic carbocycles. The van der Waals surface area contributed by atoms with Gasteiger partial charge in [0.15, 0.2) is 5.65 Å². The molecule has 1 unspecified atom stereocenters. The lowest BCUT2D eigenvalue weighted by molar-refractivity contribution is 0.0692.